The second-order valence-electron chi connectivity index (χ2n) is 5.90. The van der Waals surface area contributed by atoms with Crippen LogP contribution in [0.5, 0.6) is 0 Å². The molecule has 23 heavy (non-hydrogen) atoms. The Morgan fingerprint density at radius 2 is 2.09 bits per heavy atom. The molecule has 0 radical (unpaired) electrons. The highest BCUT2D eigenvalue weighted by molar-refractivity contribution is 6.01. The van der Waals surface area contributed by atoms with E-state index < -0.39 is 0 Å². The molecule has 5 nitrogen and oxygen atoms in total. The summed E-state index contributed by atoms with van der Waals surface area (Å²) in [6.45, 7) is 3.81. The quantitative estimate of drug-likeness (QED) is 0.947. The maximum Gasteiger partial charge on any atom is 0.253 e. The van der Waals surface area contributed by atoms with Crippen LogP contribution >= 0.6 is 0 Å². The standard InChI is InChI=1S/C18H19N3O2/c1-11-4-5-14(10-19-11)18(23)20-12(2)13-6-7-16-15(8-13)9-17(22)21(16)3/h4-8,10,12H,9H2,1-3H3,(H,20,23). The average Bonchev–Trinajstić information content (AvgIpc) is 2.82. The molecule has 1 aromatic heterocycles. The number of nitrogens with one attached hydrogen (secondary N) is 1. The number of pyridine rings is 1. The van der Waals surface area contributed by atoms with Gasteiger partial charge in [-0.15, -0.1) is 0 Å². The van der Waals surface area contributed by atoms with Crippen LogP contribution in [0.3, 0.4) is 0 Å². The summed E-state index contributed by atoms with van der Waals surface area (Å²) in [5, 5.41) is 2.97. The highest BCUT2D eigenvalue weighted by atomic mass is 16.2. The molecule has 0 spiro atoms. The fourth-order valence-electron chi connectivity index (χ4n) is 2.72. The molecule has 3 rings (SSSR count). The monoisotopic (exact) mass is 309 g/mol. The lowest BCUT2D eigenvalue weighted by molar-refractivity contribution is -0.117. The number of carbonyl (C=O) groups excluding carboxylic acids is 2. The second kappa shape index (κ2) is 5.83. The zero-order valence-corrected chi connectivity index (χ0v) is 13.5. The first kappa shape index (κ1) is 15.2. The van der Waals surface area contributed by atoms with Crippen molar-refractivity contribution in [2.24, 2.45) is 0 Å². The van der Waals surface area contributed by atoms with Gasteiger partial charge in [-0.05, 0) is 43.2 Å². The lowest BCUT2D eigenvalue weighted by atomic mass is 10.0. The number of aryl methyl sites for hydroxylation is 1. The van der Waals surface area contributed by atoms with Gasteiger partial charge in [0.15, 0.2) is 0 Å². The molecule has 0 aliphatic carbocycles. The molecule has 5 heteroatoms. The van der Waals surface area contributed by atoms with Gasteiger partial charge >= 0.3 is 0 Å². The van der Waals surface area contributed by atoms with Crippen molar-refractivity contribution in [3.8, 4) is 0 Å². The SMILES string of the molecule is Cc1ccc(C(=O)NC(C)c2ccc3c(c2)CC(=O)N3C)cn1. The third kappa shape index (κ3) is 2.95. The molecule has 1 aliphatic rings. The molecule has 2 heterocycles. The summed E-state index contributed by atoms with van der Waals surface area (Å²) in [5.74, 6) is -0.0572. The van der Waals surface area contributed by atoms with E-state index in [0.29, 0.717) is 12.0 Å². The van der Waals surface area contributed by atoms with Crippen LogP contribution in [-0.2, 0) is 11.2 Å². The van der Waals surface area contributed by atoms with Gasteiger partial charge < -0.3 is 10.2 Å². The van der Waals surface area contributed by atoms with E-state index in [9.17, 15) is 9.59 Å². The number of fused-ring (bicyclic) bond motifs is 1. The minimum atomic E-state index is -0.154. The minimum absolute atomic E-state index is 0.0968. The third-order valence-corrected chi connectivity index (χ3v) is 4.20. The maximum absolute atomic E-state index is 12.3. The number of hydrogen-bond donors (Lipinski definition) is 1. The van der Waals surface area contributed by atoms with Crippen LogP contribution in [0, 0.1) is 6.92 Å². The summed E-state index contributed by atoms with van der Waals surface area (Å²) in [4.78, 5) is 29.8. The zero-order chi connectivity index (χ0) is 16.6. The van der Waals surface area contributed by atoms with Gasteiger partial charge in [0, 0.05) is 24.6 Å². The maximum atomic E-state index is 12.3. The van der Waals surface area contributed by atoms with Crippen molar-refractivity contribution >= 4 is 17.5 Å². The summed E-state index contributed by atoms with van der Waals surface area (Å²) >= 11 is 0. The number of aromatic nitrogens is 1. The lowest BCUT2D eigenvalue weighted by Gasteiger charge is -2.16. The van der Waals surface area contributed by atoms with Gasteiger partial charge in [0.2, 0.25) is 5.91 Å². The van der Waals surface area contributed by atoms with Crippen LogP contribution in [0.25, 0.3) is 0 Å². The van der Waals surface area contributed by atoms with Gasteiger partial charge in [-0.1, -0.05) is 12.1 Å². The molecular weight excluding hydrogens is 290 g/mol. The van der Waals surface area contributed by atoms with Crippen molar-refractivity contribution in [2.45, 2.75) is 26.3 Å². The smallest absolute Gasteiger partial charge is 0.253 e. The first-order valence-corrected chi connectivity index (χ1v) is 7.58. The Morgan fingerprint density at radius 3 is 2.78 bits per heavy atom. The van der Waals surface area contributed by atoms with Gasteiger partial charge in [-0.2, -0.15) is 0 Å². The predicted octanol–water partition coefficient (Wildman–Crippen LogP) is 2.40. The van der Waals surface area contributed by atoms with Crippen LogP contribution in [-0.4, -0.2) is 23.8 Å². The molecule has 118 valence electrons. The van der Waals surface area contributed by atoms with Crippen LogP contribution in [0.2, 0.25) is 0 Å². The Balaban J connectivity index is 1.75. The largest absolute Gasteiger partial charge is 0.345 e. The number of rotatable bonds is 3. The van der Waals surface area contributed by atoms with E-state index in [-0.39, 0.29) is 17.9 Å². The highest BCUT2D eigenvalue weighted by Gasteiger charge is 2.24. The first-order valence-electron chi connectivity index (χ1n) is 7.58. The topological polar surface area (TPSA) is 62.3 Å². The Kier molecular flexibility index (Phi) is 3.86. The van der Waals surface area contributed by atoms with Crippen LogP contribution in [0.1, 0.15) is 40.1 Å². The van der Waals surface area contributed by atoms with Gasteiger partial charge in [-0.3, -0.25) is 14.6 Å². The van der Waals surface area contributed by atoms with Gasteiger partial charge in [0.25, 0.3) is 5.91 Å². The minimum Gasteiger partial charge on any atom is -0.345 e. The zero-order valence-electron chi connectivity index (χ0n) is 13.5. The third-order valence-electron chi connectivity index (χ3n) is 4.20. The fraction of sp³-hybridized carbons (Fsp3) is 0.278. The summed E-state index contributed by atoms with van der Waals surface area (Å²) < 4.78 is 0. The molecular formula is C18H19N3O2. The van der Waals surface area contributed by atoms with E-state index in [0.717, 1.165) is 22.5 Å². The Bertz CT molecular complexity index is 768. The molecule has 0 saturated carbocycles. The van der Waals surface area contributed by atoms with Gasteiger partial charge in [-0.25, -0.2) is 0 Å². The predicted molar refractivity (Wildman–Crippen MR) is 88.4 cm³/mol. The van der Waals surface area contributed by atoms with Crippen LogP contribution in [0.15, 0.2) is 36.5 Å². The van der Waals surface area contributed by atoms with E-state index in [2.05, 4.69) is 10.3 Å². The van der Waals surface area contributed by atoms with E-state index in [1.165, 1.54) is 0 Å². The van der Waals surface area contributed by atoms with Crippen LogP contribution < -0.4 is 10.2 Å². The first-order chi connectivity index (χ1) is 11.0. The van der Waals surface area contributed by atoms with Gasteiger partial charge in [0.05, 0.1) is 18.0 Å². The van der Waals surface area contributed by atoms with Crippen molar-refractivity contribution in [3.05, 3.63) is 58.9 Å². The lowest BCUT2D eigenvalue weighted by Crippen LogP contribution is -2.26. The summed E-state index contributed by atoms with van der Waals surface area (Å²) in [7, 11) is 1.78. The van der Waals surface area contributed by atoms with E-state index in [1.54, 1.807) is 24.2 Å². The molecule has 0 fully saturated rings. The number of benzene rings is 1. The highest BCUT2D eigenvalue weighted by Crippen LogP contribution is 2.30. The molecule has 1 unspecified atom stereocenters. The number of amides is 2. The van der Waals surface area contributed by atoms with Crippen molar-refractivity contribution < 1.29 is 9.59 Å². The Labute approximate surface area is 135 Å². The number of likely N-dealkylation sites (N-methyl/N-ethyl adjacent to an activating group) is 1. The molecule has 0 saturated heterocycles. The number of anilines is 1. The van der Waals surface area contributed by atoms with Crippen molar-refractivity contribution in [1.29, 1.82) is 0 Å². The van der Waals surface area contributed by atoms with E-state index >= 15 is 0 Å². The number of nitrogens with zero attached hydrogens (tertiary/aromatic N) is 2. The molecule has 1 aromatic carbocycles. The molecule has 1 N–H and O–H groups in total. The molecule has 0 bridgehead atoms. The van der Waals surface area contributed by atoms with Crippen molar-refractivity contribution in [1.82, 2.24) is 10.3 Å². The average molecular weight is 309 g/mol. The fourth-order valence-corrected chi connectivity index (χ4v) is 2.72. The van der Waals surface area contributed by atoms with E-state index in [4.69, 9.17) is 0 Å². The molecule has 1 atom stereocenters. The molecule has 2 aromatic rings. The molecule has 1 aliphatic heterocycles. The van der Waals surface area contributed by atoms with Crippen molar-refractivity contribution in [2.75, 3.05) is 11.9 Å². The van der Waals surface area contributed by atoms with Gasteiger partial charge in [0.1, 0.15) is 0 Å². The number of hydrogen-bond acceptors (Lipinski definition) is 3. The Hall–Kier alpha value is -2.69. The van der Waals surface area contributed by atoms with E-state index in [1.807, 2.05) is 38.1 Å². The summed E-state index contributed by atoms with van der Waals surface area (Å²) in [5.41, 5.74) is 4.36. The second-order valence-corrected chi connectivity index (χ2v) is 5.90. The molecule has 2 amide bonds. The summed E-state index contributed by atoms with van der Waals surface area (Å²) in [6, 6.07) is 9.32. The van der Waals surface area contributed by atoms with Crippen LogP contribution in [0.4, 0.5) is 5.69 Å². The normalized spacial score (nSPS) is 14.6. The van der Waals surface area contributed by atoms with Crippen molar-refractivity contribution in [3.63, 3.8) is 0 Å². The number of carbonyl (C=O) groups is 2. The summed E-state index contributed by atoms with van der Waals surface area (Å²) in [6.07, 6.45) is 2.00. The Morgan fingerprint density at radius 1 is 1.30 bits per heavy atom.